The van der Waals surface area contributed by atoms with Crippen LogP contribution >= 0.6 is 34.8 Å². The highest BCUT2D eigenvalue weighted by atomic mass is 35.5. The van der Waals surface area contributed by atoms with Crippen molar-refractivity contribution in [2.24, 2.45) is 0 Å². The van der Waals surface area contributed by atoms with Gasteiger partial charge in [0.1, 0.15) is 23.7 Å². The van der Waals surface area contributed by atoms with Crippen LogP contribution in [0.25, 0.3) is 11.0 Å². The Morgan fingerprint density at radius 2 is 1.66 bits per heavy atom. The van der Waals surface area contributed by atoms with Crippen molar-refractivity contribution in [3.8, 4) is 17.2 Å². The van der Waals surface area contributed by atoms with E-state index in [1.807, 2.05) is 0 Å². The van der Waals surface area contributed by atoms with E-state index in [-0.39, 0.29) is 39.1 Å². The van der Waals surface area contributed by atoms with Gasteiger partial charge in [-0.05, 0) is 55.3 Å². The van der Waals surface area contributed by atoms with Crippen LogP contribution in [0, 0.1) is 13.8 Å². The Morgan fingerprint density at radius 1 is 0.943 bits per heavy atom. The molecule has 1 heterocycles. The largest absolute Gasteiger partial charge is 0.489 e. The molecular weight excluding hydrogens is 528 g/mol. The maximum absolute atomic E-state index is 13.8. The predicted molar refractivity (Wildman–Crippen MR) is 129 cm³/mol. The third-order valence-corrected chi connectivity index (χ3v) is 6.35. The average molecular weight is 544 g/mol. The molecule has 10 heteroatoms. The summed E-state index contributed by atoms with van der Waals surface area (Å²) in [5.41, 5.74) is 0.426. The second kappa shape index (κ2) is 9.64. The monoisotopic (exact) mass is 542 g/mol. The van der Waals surface area contributed by atoms with Crippen LogP contribution in [-0.2, 0) is 12.8 Å². The van der Waals surface area contributed by atoms with Gasteiger partial charge in [-0.25, -0.2) is 0 Å². The van der Waals surface area contributed by atoms with E-state index in [4.69, 9.17) is 48.7 Å². The van der Waals surface area contributed by atoms with Gasteiger partial charge < -0.3 is 13.9 Å². The minimum absolute atomic E-state index is 0.107. The van der Waals surface area contributed by atoms with Gasteiger partial charge in [-0.1, -0.05) is 46.9 Å². The summed E-state index contributed by atoms with van der Waals surface area (Å²) in [4.78, 5) is 13.0. The molecule has 35 heavy (non-hydrogen) atoms. The number of hydrogen-bond acceptors (Lipinski definition) is 4. The lowest BCUT2D eigenvalue weighted by Crippen LogP contribution is -2.15. The molecular formula is C25H16Cl3F3O4. The van der Waals surface area contributed by atoms with Crippen molar-refractivity contribution in [2.75, 3.05) is 0 Å². The van der Waals surface area contributed by atoms with Crippen LogP contribution in [0.1, 0.15) is 22.5 Å². The molecule has 0 bridgehead atoms. The third kappa shape index (κ3) is 5.22. The van der Waals surface area contributed by atoms with Gasteiger partial charge in [0.2, 0.25) is 11.2 Å². The molecule has 182 valence electrons. The molecule has 0 fully saturated rings. The maximum atomic E-state index is 13.8. The minimum atomic E-state index is -4.99. The molecule has 0 amide bonds. The molecule has 0 unspecified atom stereocenters. The second-order valence-electron chi connectivity index (χ2n) is 7.73. The summed E-state index contributed by atoms with van der Waals surface area (Å²) in [6.45, 7) is 3.30. The molecule has 0 N–H and O–H groups in total. The molecule has 0 aliphatic heterocycles. The first-order valence-corrected chi connectivity index (χ1v) is 11.3. The summed E-state index contributed by atoms with van der Waals surface area (Å²) in [7, 11) is 0. The zero-order valence-electron chi connectivity index (χ0n) is 18.2. The molecule has 0 saturated carbocycles. The number of alkyl halides is 3. The molecule has 0 aliphatic rings. The highest BCUT2D eigenvalue weighted by Gasteiger charge is 2.40. The number of halogens is 6. The quantitative estimate of drug-likeness (QED) is 0.236. The van der Waals surface area contributed by atoms with Crippen LogP contribution in [-0.4, -0.2) is 0 Å². The van der Waals surface area contributed by atoms with Gasteiger partial charge in [0.25, 0.3) is 5.76 Å². The zero-order chi connectivity index (χ0) is 25.5. The normalized spacial score (nSPS) is 11.7. The Hall–Kier alpha value is -2.87. The number of rotatable bonds is 5. The van der Waals surface area contributed by atoms with Gasteiger partial charge in [-0.15, -0.1) is 0 Å². The van der Waals surface area contributed by atoms with Crippen LogP contribution in [0.3, 0.4) is 0 Å². The Kier molecular flexibility index (Phi) is 6.95. The number of hydrogen-bond donors (Lipinski definition) is 0. The fourth-order valence-electron chi connectivity index (χ4n) is 3.31. The van der Waals surface area contributed by atoms with Crippen molar-refractivity contribution in [1.82, 2.24) is 0 Å². The van der Waals surface area contributed by atoms with Crippen LogP contribution in [0.5, 0.6) is 17.2 Å². The van der Waals surface area contributed by atoms with E-state index in [2.05, 4.69) is 0 Å². The molecule has 0 radical (unpaired) electrons. The Balaban J connectivity index is 1.75. The van der Waals surface area contributed by atoms with Gasteiger partial charge in [0, 0.05) is 16.7 Å². The lowest BCUT2D eigenvalue weighted by atomic mass is 10.1. The van der Waals surface area contributed by atoms with E-state index < -0.39 is 23.1 Å². The minimum Gasteiger partial charge on any atom is -0.489 e. The van der Waals surface area contributed by atoms with E-state index >= 15 is 0 Å². The average Bonchev–Trinajstić information content (AvgIpc) is 2.79. The standard InChI is InChI=1S/C25H16Cl3F3O4/c1-12-3-4-13(2)19(9-12)34-23-22(32)15-6-5-14(10-20(15)35-24(23)25(29,30)31)33-11-16-17(26)7-8-18(27)21(16)28/h3-10H,11H2,1-2H3. The fourth-order valence-corrected chi connectivity index (χ4v) is 3.97. The van der Waals surface area contributed by atoms with E-state index in [1.54, 1.807) is 38.1 Å². The topological polar surface area (TPSA) is 48.7 Å². The lowest BCUT2D eigenvalue weighted by molar-refractivity contribution is -0.154. The van der Waals surface area contributed by atoms with Crippen LogP contribution in [0.15, 0.2) is 57.7 Å². The van der Waals surface area contributed by atoms with Gasteiger partial charge >= 0.3 is 6.18 Å². The third-order valence-electron chi connectivity index (χ3n) is 5.16. The van der Waals surface area contributed by atoms with Gasteiger partial charge in [0.15, 0.2) is 0 Å². The van der Waals surface area contributed by atoms with Crippen molar-refractivity contribution in [3.05, 3.63) is 96.3 Å². The van der Waals surface area contributed by atoms with Gasteiger partial charge in [-0.2, -0.15) is 13.2 Å². The predicted octanol–water partition coefficient (Wildman–Crippen LogP) is 8.76. The number of fused-ring (bicyclic) bond motifs is 1. The van der Waals surface area contributed by atoms with E-state index in [9.17, 15) is 18.0 Å². The first-order chi connectivity index (χ1) is 16.5. The first-order valence-electron chi connectivity index (χ1n) is 10.1. The lowest BCUT2D eigenvalue weighted by Gasteiger charge is -2.15. The molecule has 4 rings (SSSR count). The van der Waals surface area contributed by atoms with Crippen LogP contribution in [0.4, 0.5) is 13.2 Å². The first kappa shape index (κ1) is 25.2. The van der Waals surface area contributed by atoms with E-state index in [1.165, 1.54) is 24.3 Å². The molecule has 0 saturated heterocycles. The van der Waals surface area contributed by atoms with Crippen molar-refractivity contribution >= 4 is 45.8 Å². The van der Waals surface area contributed by atoms with E-state index in [0.717, 1.165) is 5.56 Å². The number of ether oxygens (including phenoxy) is 2. The molecule has 3 aromatic carbocycles. The Morgan fingerprint density at radius 3 is 2.37 bits per heavy atom. The Labute approximate surface area is 212 Å². The summed E-state index contributed by atoms with van der Waals surface area (Å²) >= 11 is 18.3. The van der Waals surface area contributed by atoms with Gasteiger partial charge in [0.05, 0.1) is 15.4 Å². The molecule has 0 aliphatic carbocycles. The number of benzene rings is 3. The second-order valence-corrected chi connectivity index (χ2v) is 8.92. The van der Waals surface area contributed by atoms with Crippen molar-refractivity contribution in [1.29, 1.82) is 0 Å². The maximum Gasteiger partial charge on any atom is 0.453 e. The highest BCUT2D eigenvalue weighted by molar-refractivity contribution is 6.44. The zero-order valence-corrected chi connectivity index (χ0v) is 20.5. The summed E-state index contributed by atoms with van der Waals surface area (Å²) in [6.07, 6.45) is -4.99. The summed E-state index contributed by atoms with van der Waals surface area (Å²) < 4.78 is 57.8. The van der Waals surface area contributed by atoms with Crippen LogP contribution in [0.2, 0.25) is 15.1 Å². The Bertz CT molecular complexity index is 1500. The van der Waals surface area contributed by atoms with Crippen molar-refractivity contribution < 1.29 is 27.1 Å². The van der Waals surface area contributed by atoms with E-state index in [0.29, 0.717) is 16.1 Å². The molecule has 0 atom stereocenters. The van der Waals surface area contributed by atoms with Crippen LogP contribution < -0.4 is 14.9 Å². The summed E-state index contributed by atoms with van der Waals surface area (Å²) in [6, 6.07) is 12.0. The number of aryl methyl sites for hydroxylation is 2. The molecule has 4 aromatic rings. The molecule has 4 nitrogen and oxygen atoms in total. The van der Waals surface area contributed by atoms with Crippen molar-refractivity contribution in [3.63, 3.8) is 0 Å². The highest BCUT2D eigenvalue weighted by Crippen LogP contribution is 2.39. The fraction of sp³-hybridized carbons (Fsp3) is 0.160. The SMILES string of the molecule is Cc1ccc(C)c(Oc2c(C(F)(F)F)oc3cc(OCc4c(Cl)ccc(Cl)c4Cl)ccc3c2=O)c1. The van der Waals surface area contributed by atoms with Crippen molar-refractivity contribution in [2.45, 2.75) is 26.6 Å². The van der Waals surface area contributed by atoms with Gasteiger partial charge in [-0.3, -0.25) is 4.79 Å². The molecule has 1 aromatic heterocycles. The smallest absolute Gasteiger partial charge is 0.453 e. The summed E-state index contributed by atoms with van der Waals surface area (Å²) in [5, 5.41) is 0.660. The summed E-state index contributed by atoms with van der Waals surface area (Å²) in [5.74, 6) is -2.24. The molecule has 0 spiro atoms.